The number of hydrogen-bond acceptors (Lipinski definition) is 14. The normalized spacial score (nSPS) is 16.5. The zero-order chi connectivity index (χ0) is 52.6. The SMILES string of the molecule is CC(C)COC(=O)Cl.CCN(CC)CC.NN.O=C(NNC(=O)[C@@H]1CCCN1C(=O)OCc1ccccc1)C1CCCN1C(=O)OCc1ccccc1.O=C(O)[C@@H]1CCCN1C(=O)OCc1ccccc1. The molecule has 6 rings (SSSR count). The number of carboxylic acid groups (broad SMARTS) is 1. The number of halogens is 1. The fraction of sp³-hybridized carbons (Fsp3) is 0.500. The van der Waals surface area contributed by atoms with Crippen LogP contribution in [-0.2, 0) is 53.2 Å². The molecule has 3 aromatic rings. The molecule has 0 spiro atoms. The fourth-order valence-electron chi connectivity index (χ4n) is 7.36. The number of rotatable bonds is 14. The van der Waals surface area contributed by atoms with Crippen molar-refractivity contribution in [3.8, 4) is 0 Å². The van der Waals surface area contributed by atoms with Crippen LogP contribution in [0.15, 0.2) is 91.0 Å². The zero-order valence-corrected chi connectivity index (χ0v) is 42.3. The lowest BCUT2D eigenvalue weighted by atomic mass is 10.2. The minimum atomic E-state index is -0.968. The van der Waals surface area contributed by atoms with Gasteiger partial charge in [0.15, 0.2) is 0 Å². The first-order valence-electron chi connectivity index (χ1n) is 23.8. The van der Waals surface area contributed by atoms with Crippen molar-refractivity contribution >= 4 is 53.1 Å². The van der Waals surface area contributed by atoms with Gasteiger partial charge >= 0.3 is 29.7 Å². The standard InChI is InChI=1S/C26H30N4O6.C13H15NO4.C6H15N.C5H9ClO2.H4N2/c31-23(21-13-7-15-29(21)25(33)35-17-19-9-3-1-4-10-19)27-28-24(32)22-14-8-16-30(22)26(34)36-18-20-11-5-2-6-12-20;15-12(16)11-7-4-8-14(11)13(17)18-9-10-5-2-1-3-6-10;1-4-7(5-2)6-3;1-4(2)3-8-5(6)7;1-2/h1-6,9-12,21-22H,7-8,13-18H2,(H,27,31)(H,28,32);1-3,5-6,11H,4,7-9H2,(H,15,16);4-6H2,1-3H3;4H,3H2,1-2H3;1-2H2/t21-,22?;11-;;;/m00.../s1. The van der Waals surface area contributed by atoms with Gasteiger partial charge in [0.1, 0.15) is 37.9 Å². The number of carbonyl (C=O) groups is 7. The van der Waals surface area contributed by atoms with Crippen molar-refractivity contribution in [1.29, 1.82) is 0 Å². The van der Waals surface area contributed by atoms with E-state index in [9.17, 15) is 33.6 Å². The van der Waals surface area contributed by atoms with E-state index in [1.165, 1.54) is 34.3 Å². The maximum absolute atomic E-state index is 12.7. The third kappa shape index (κ3) is 22.9. The molecule has 7 N–H and O–H groups in total. The second kappa shape index (κ2) is 34.8. The first-order chi connectivity index (χ1) is 34.2. The van der Waals surface area contributed by atoms with E-state index in [0.717, 1.165) is 16.7 Å². The van der Waals surface area contributed by atoms with Crippen LogP contribution in [0.4, 0.5) is 19.2 Å². The van der Waals surface area contributed by atoms with E-state index in [1.54, 1.807) is 0 Å². The Morgan fingerprint density at radius 2 is 0.887 bits per heavy atom. The van der Waals surface area contributed by atoms with E-state index in [-0.39, 0.29) is 19.8 Å². The van der Waals surface area contributed by atoms with E-state index < -0.39 is 59.6 Å². The molecule has 1 unspecified atom stereocenters. The Labute approximate surface area is 422 Å². The number of nitrogens with one attached hydrogen (secondary N) is 2. The first kappa shape index (κ1) is 60.6. The lowest BCUT2D eigenvalue weighted by Gasteiger charge is -2.25. The van der Waals surface area contributed by atoms with E-state index >= 15 is 0 Å². The lowest BCUT2D eigenvalue weighted by Crippen LogP contribution is -2.55. The third-order valence-corrected chi connectivity index (χ3v) is 11.3. The summed E-state index contributed by atoms with van der Waals surface area (Å²) in [5.74, 6) is 6.38. The van der Waals surface area contributed by atoms with Crippen molar-refractivity contribution in [3.63, 3.8) is 0 Å². The Morgan fingerprint density at radius 3 is 1.14 bits per heavy atom. The molecule has 21 heteroatoms. The van der Waals surface area contributed by atoms with Gasteiger partial charge in [-0.25, -0.2) is 24.0 Å². The van der Waals surface area contributed by atoms with Crippen LogP contribution in [0.1, 0.15) is 89.8 Å². The van der Waals surface area contributed by atoms with Crippen LogP contribution in [0.3, 0.4) is 0 Å². The van der Waals surface area contributed by atoms with Crippen LogP contribution in [0, 0.1) is 5.92 Å². The molecule has 0 saturated carbocycles. The van der Waals surface area contributed by atoms with Crippen molar-refractivity contribution in [2.75, 3.05) is 45.9 Å². The molecule has 0 aliphatic carbocycles. The molecule has 71 heavy (non-hydrogen) atoms. The maximum Gasteiger partial charge on any atom is 0.410 e. The molecule has 3 aliphatic rings. The van der Waals surface area contributed by atoms with Gasteiger partial charge in [-0.2, -0.15) is 0 Å². The largest absolute Gasteiger partial charge is 0.480 e. The topological polar surface area (TPSA) is 266 Å². The molecule has 392 valence electrons. The molecule has 3 atom stereocenters. The predicted molar refractivity (Wildman–Crippen MR) is 267 cm³/mol. The first-order valence-corrected chi connectivity index (χ1v) is 24.2. The molecule has 3 fully saturated rings. The average molecular weight is 1010 g/mol. The van der Waals surface area contributed by atoms with Gasteiger partial charge in [-0.1, -0.05) is 126 Å². The molecular weight excluding hydrogens is 940 g/mol. The Hall–Kier alpha value is -6.48. The van der Waals surface area contributed by atoms with Crippen LogP contribution in [0.2, 0.25) is 0 Å². The van der Waals surface area contributed by atoms with Crippen LogP contribution in [-0.4, -0.2) is 130 Å². The number of aliphatic carboxylic acids is 1. The average Bonchev–Trinajstić information content (AvgIpc) is 4.21. The molecule has 0 radical (unpaired) electrons. The van der Waals surface area contributed by atoms with Crippen LogP contribution in [0.5, 0.6) is 0 Å². The number of likely N-dealkylation sites (tertiary alicyclic amines) is 3. The van der Waals surface area contributed by atoms with Gasteiger partial charge in [0, 0.05) is 31.2 Å². The summed E-state index contributed by atoms with van der Waals surface area (Å²) < 4.78 is 20.3. The highest BCUT2D eigenvalue weighted by Gasteiger charge is 2.38. The Balaban J connectivity index is 0.000000406. The van der Waals surface area contributed by atoms with Crippen molar-refractivity contribution < 1.29 is 57.6 Å². The van der Waals surface area contributed by atoms with Gasteiger partial charge in [0.05, 0.1) is 6.61 Å². The molecule has 3 aromatic carbocycles. The number of nitrogens with two attached hydrogens (primary N) is 2. The van der Waals surface area contributed by atoms with Gasteiger partial charge in [0.25, 0.3) is 11.8 Å². The summed E-state index contributed by atoms with van der Waals surface area (Å²) >= 11 is 4.86. The highest BCUT2D eigenvalue weighted by atomic mass is 35.5. The monoisotopic (exact) mass is 1010 g/mol. The molecule has 3 heterocycles. The number of nitrogens with zero attached hydrogens (tertiary/aromatic N) is 4. The fourth-order valence-corrected chi connectivity index (χ4v) is 7.42. The predicted octanol–water partition coefficient (Wildman–Crippen LogP) is 6.79. The summed E-state index contributed by atoms with van der Waals surface area (Å²) in [5, 5.41) is 8.97. The molecule has 0 bridgehead atoms. The number of ether oxygens (including phenoxy) is 4. The van der Waals surface area contributed by atoms with E-state index in [0.29, 0.717) is 70.7 Å². The van der Waals surface area contributed by atoms with Gasteiger partial charge < -0.3 is 29.0 Å². The summed E-state index contributed by atoms with van der Waals surface area (Å²) in [6.07, 6.45) is 1.72. The number of benzene rings is 3. The van der Waals surface area contributed by atoms with E-state index in [2.05, 4.69) is 52.9 Å². The summed E-state index contributed by atoms with van der Waals surface area (Å²) in [7, 11) is 0. The Bertz CT molecular complexity index is 1950. The van der Waals surface area contributed by atoms with Crippen LogP contribution in [0.25, 0.3) is 0 Å². The number of carboxylic acids is 1. The van der Waals surface area contributed by atoms with Crippen molar-refractivity contribution in [1.82, 2.24) is 30.5 Å². The summed E-state index contributed by atoms with van der Waals surface area (Å²) in [6, 6.07) is 25.6. The van der Waals surface area contributed by atoms with Gasteiger partial charge in [-0.15, -0.1) is 0 Å². The van der Waals surface area contributed by atoms with Crippen molar-refractivity contribution in [2.45, 2.75) is 111 Å². The van der Waals surface area contributed by atoms with Crippen molar-refractivity contribution in [2.24, 2.45) is 17.6 Å². The quantitative estimate of drug-likeness (QED) is 0.0482. The summed E-state index contributed by atoms with van der Waals surface area (Å²) in [4.78, 5) is 89.6. The Morgan fingerprint density at radius 1 is 0.577 bits per heavy atom. The highest BCUT2D eigenvalue weighted by Crippen LogP contribution is 2.22. The van der Waals surface area contributed by atoms with Crippen LogP contribution < -0.4 is 22.5 Å². The van der Waals surface area contributed by atoms with Crippen molar-refractivity contribution in [3.05, 3.63) is 108 Å². The second-order valence-electron chi connectivity index (χ2n) is 16.6. The zero-order valence-electron chi connectivity index (χ0n) is 41.5. The minimum absolute atomic E-state index is 0.110. The smallest absolute Gasteiger partial charge is 0.410 e. The number of hydrazine groups is 2. The third-order valence-electron chi connectivity index (χ3n) is 11.1. The number of hydrogen-bond donors (Lipinski definition) is 5. The molecule has 3 aliphatic heterocycles. The van der Waals surface area contributed by atoms with Gasteiger partial charge in [-0.05, 0) is 80.8 Å². The van der Waals surface area contributed by atoms with E-state index in [1.807, 2.05) is 105 Å². The summed E-state index contributed by atoms with van der Waals surface area (Å²) in [6.45, 7) is 16.0. The van der Waals surface area contributed by atoms with Gasteiger partial charge in [-0.3, -0.25) is 46.8 Å². The highest BCUT2D eigenvalue weighted by molar-refractivity contribution is 6.61. The second-order valence-corrected chi connectivity index (χ2v) is 16.9. The molecule has 0 aromatic heterocycles. The number of carbonyl (C=O) groups excluding carboxylic acids is 6. The molecular formula is C50H73ClN8O12. The van der Waals surface area contributed by atoms with E-state index in [4.69, 9.17) is 30.9 Å². The maximum atomic E-state index is 12.7. The molecule has 5 amide bonds. The summed E-state index contributed by atoms with van der Waals surface area (Å²) in [5.41, 5.74) is 6.68. The molecule has 3 saturated heterocycles. The minimum Gasteiger partial charge on any atom is -0.480 e. The number of amides is 5. The lowest BCUT2D eigenvalue weighted by molar-refractivity contribution is -0.141. The van der Waals surface area contributed by atoms with Crippen LogP contribution >= 0.6 is 11.6 Å². The van der Waals surface area contributed by atoms with Gasteiger partial charge in [0.2, 0.25) is 0 Å². The molecule has 20 nitrogen and oxygen atoms in total. The Kier molecular flexibility index (Phi) is 29.7.